The fourth-order valence-electron chi connectivity index (χ4n) is 15.5. The molecule has 4 aliphatic rings. The summed E-state index contributed by atoms with van der Waals surface area (Å²) in [5.74, 6) is -8.69. The number of hydrogen-bond acceptors (Lipinski definition) is 10. The number of alkyl halides is 12. The monoisotopic (exact) mass is 1590 g/mol. The van der Waals surface area contributed by atoms with Crippen LogP contribution in [0.3, 0.4) is 0 Å². The maximum Gasteiger partial charge on any atom is 1.00 e. The van der Waals surface area contributed by atoms with E-state index in [0.29, 0.717) is 70.7 Å². The minimum Gasteiger partial charge on any atom is -0.870 e. The molecule has 2 spiro atoms. The molecular weight excluding hydrogens is 1500 g/mol. The molecule has 2 amide bonds. The van der Waals surface area contributed by atoms with E-state index in [1.165, 1.54) is 6.92 Å². The van der Waals surface area contributed by atoms with Gasteiger partial charge >= 0.3 is 55.5 Å². The van der Waals surface area contributed by atoms with E-state index in [-0.39, 0.29) is 129 Å². The van der Waals surface area contributed by atoms with Gasteiger partial charge < -0.3 is 44.9 Å². The standard InChI is InChI=1S/C40H46F7N3O4.C38H42F7N3O4.Li.H2O.2H2S/c1-6-54-34(52)19-31(28-16-27(17-30(36(28)41)40(45,46)47)35-24(4)9-7-10-25(35)5)48-37(53)32(15-23(2)3)50-20-26(29(18-33(50)51)39(42,43)44)11-14-49-21-38(22-49)12-8-13-38;1-21(2)13-30(48-18-24(27(16-31(48)49)37(40,41)42)9-12-47-19-36(20-47)10-6-11-36)35(52)46-29(17-32(50)51)26-14-25(15-28(34(26)39)38(43,44)45)33-22(3)7-5-8-23(33)4;;;;/h7,9-10,16-18,20,23,31-32H,6,8,11-15,19,21-22H2,1-5H3,(H,48,53);5,7-8,14-16,18,21,29-30H,6,9-13,17,19-20H2,1-4H3,(H,46,52)(H,50,51);;3*1H2/q;;+1;;;/p-1/t31-,32?;29-,30?;;;;/m00..../s1. The van der Waals surface area contributed by atoms with Crippen LogP contribution in [0.5, 0.6) is 0 Å². The van der Waals surface area contributed by atoms with Crippen molar-refractivity contribution in [3.05, 3.63) is 184 Å². The Kier molecular flexibility index (Phi) is 31.6. The Bertz CT molecular complexity index is 4350. The first-order chi connectivity index (χ1) is 49.4. The zero-order valence-corrected chi connectivity index (χ0v) is 64.8. The van der Waals surface area contributed by atoms with Gasteiger partial charge in [-0.2, -0.15) is 79.7 Å². The minimum absolute atomic E-state index is 0. The Morgan fingerprint density at radius 1 is 0.527 bits per heavy atom. The van der Waals surface area contributed by atoms with Crippen LogP contribution in [0.2, 0.25) is 0 Å². The van der Waals surface area contributed by atoms with Gasteiger partial charge in [0.25, 0.3) is 11.1 Å². The average molecular weight is 1600 g/mol. The molecule has 0 radical (unpaired) electrons. The van der Waals surface area contributed by atoms with E-state index in [2.05, 4.69) is 15.5 Å². The summed E-state index contributed by atoms with van der Waals surface area (Å²) in [7, 11) is 0. The molecule has 4 N–H and O–H groups in total. The summed E-state index contributed by atoms with van der Waals surface area (Å²) in [6.07, 6.45) is -13.6. The number of carbonyl (C=O) groups is 4. The van der Waals surface area contributed by atoms with Gasteiger partial charge in [0.1, 0.15) is 23.7 Å². The van der Waals surface area contributed by atoms with E-state index < -0.39 is 142 Å². The van der Waals surface area contributed by atoms with Crippen LogP contribution >= 0.6 is 27.0 Å². The summed E-state index contributed by atoms with van der Waals surface area (Å²) in [4.78, 5) is 84.0. The summed E-state index contributed by atoms with van der Waals surface area (Å²) >= 11 is 0. The molecule has 2 saturated carbocycles. The Morgan fingerprint density at radius 3 is 1.14 bits per heavy atom. The van der Waals surface area contributed by atoms with E-state index in [4.69, 9.17) is 4.74 Å². The predicted octanol–water partition coefficient (Wildman–Crippen LogP) is 14.0. The summed E-state index contributed by atoms with van der Waals surface area (Å²) < 4.78 is 210. The van der Waals surface area contributed by atoms with Crippen molar-refractivity contribution in [1.82, 2.24) is 29.6 Å². The smallest absolute Gasteiger partial charge is 0.870 e. The third-order valence-electron chi connectivity index (χ3n) is 20.9. The number of carboxylic acids is 1. The summed E-state index contributed by atoms with van der Waals surface area (Å²) in [6, 6.07) is 7.94. The van der Waals surface area contributed by atoms with Crippen molar-refractivity contribution in [1.29, 1.82) is 0 Å². The fraction of sp³-hybridized carbons (Fsp3) is 0.513. The minimum atomic E-state index is -5.19. The number of pyridine rings is 2. The second-order valence-corrected chi connectivity index (χ2v) is 29.9. The molecule has 2 unspecified atom stereocenters. The van der Waals surface area contributed by atoms with Crippen molar-refractivity contribution in [2.45, 2.75) is 188 Å². The van der Waals surface area contributed by atoms with Gasteiger partial charge in [-0.15, -0.1) is 0 Å². The quantitative estimate of drug-likeness (QED) is 0.0280. The number of aliphatic carboxylic acids is 1. The molecule has 2 aliphatic heterocycles. The first-order valence-electron chi connectivity index (χ1n) is 35.4. The molecule has 2 aliphatic carbocycles. The molecule has 4 heterocycles. The molecule has 32 heteroatoms. The van der Waals surface area contributed by atoms with Crippen molar-refractivity contribution < 1.29 is 115 Å². The molecule has 10 rings (SSSR count). The van der Waals surface area contributed by atoms with E-state index in [9.17, 15) is 86.6 Å². The predicted molar refractivity (Wildman–Crippen MR) is 392 cm³/mol. The van der Waals surface area contributed by atoms with Crippen LogP contribution in [0.15, 0.2) is 94.8 Å². The van der Waals surface area contributed by atoms with Crippen LogP contribution in [-0.2, 0) is 61.5 Å². The number of benzene rings is 4. The summed E-state index contributed by atoms with van der Waals surface area (Å²) in [6.45, 7) is 18.6. The molecule has 2 aromatic heterocycles. The molecule has 15 nitrogen and oxygen atoms in total. The van der Waals surface area contributed by atoms with Crippen molar-refractivity contribution >= 4 is 50.7 Å². The molecule has 4 fully saturated rings. The number of likely N-dealkylation sites (tertiary alicyclic amines) is 2. The number of aryl methyl sites for hydroxylation is 4. The number of esters is 1. The van der Waals surface area contributed by atoms with Crippen LogP contribution in [0.4, 0.5) is 61.5 Å². The van der Waals surface area contributed by atoms with Gasteiger partial charge in [-0.1, -0.05) is 76.9 Å². The normalized spacial score (nSPS) is 16.3. The van der Waals surface area contributed by atoms with Crippen molar-refractivity contribution in [2.75, 3.05) is 45.9 Å². The number of nitrogens with zero attached hydrogens (tertiary/aromatic N) is 4. The van der Waals surface area contributed by atoms with E-state index in [0.717, 1.165) is 98.4 Å². The number of hydrogen-bond donors (Lipinski definition) is 3. The van der Waals surface area contributed by atoms with Crippen molar-refractivity contribution in [3.8, 4) is 22.3 Å². The van der Waals surface area contributed by atoms with Crippen molar-refractivity contribution in [3.63, 3.8) is 0 Å². The Hall–Kier alpha value is -7.14. The van der Waals surface area contributed by atoms with Crippen molar-refractivity contribution in [2.24, 2.45) is 22.7 Å². The maximum absolute atomic E-state index is 16.1. The van der Waals surface area contributed by atoms with Crippen LogP contribution < -0.4 is 40.6 Å². The fourth-order valence-corrected chi connectivity index (χ4v) is 15.5. The topological polar surface area (TPSA) is 202 Å². The molecule has 4 aromatic carbocycles. The van der Waals surface area contributed by atoms with Crippen LogP contribution in [0, 0.1) is 62.0 Å². The molecule has 4 atom stereocenters. The molecular formula is C78H93F14LiN6O9S2. The number of rotatable bonds is 25. The van der Waals surface area contributed by atoms with Gasteiger partial charge in [0.15, 0.2) is 0 Å². The SMILES string of the molecule is CCOC(=O)C[C@H](NC(=O)C(CC(C)C)n1cc(CCN2CC3(CCC3)C2)c(C(F)(F)F)cc1=O)c1cc(-c2c(C)cccc2C)cc(C(F)(F)F)c1F.Cc1cccc(C)c1-c1cc([C@H](CC(=O)O)NC(=O)C(CC(C)C)n2cc(CCN3CC4(CCC4)C3)c(C(F)(F)F)cc2=O)c(F)c(C(F)(F)F)c1.S.S.[Li+].[OH-]. The number of amides is 2. The number of nitrogens with one attached hydrogen (secondary N) is 2. The molecule has 0 bridgehead atoms. The molecule has 110 heavy (non-hydrogen) atoms. The maximum atomic E-state index is 16.1. The largest absolute Gasteiger partial charge is 1.00 e. The first kappa shape index (κ1) is 93.5. The van der Waals surface area contributed by atoms with Gasteiger partial charge in [-0.05, 0) is 189 Å². The van der Waals surface area contributed by atoms with Gasteiger partial charge in [-0.25, -0.2) is 8.78 Å². The zero-order chi connectivity index (χ0) is 78.1. The second kappa shape index (κ2) is 37.2. The number of carboxylic acid groups (broad SMARTS) is 1. The van der Waals surface area contributed by atoms with E-state index in [1.807, 2.05) is 4.90 Å². The zero-order valence-electron chi connectivity index (χ0n) is 62.8. The van der Waals surface area contributed by atoms with E-state index >= 15 is 8.78 Å². The third-order valence-corrected chi connectivity index (χ3v) is 20.9. The van der Waals surface area contributed by atoms with Gasteiger partial charge in [0.2, 0.25) is 11.8 Å². The third kappa shape index (κ3) is 22.0. The second-order valence-electron chi connectivity index (χ2n) is 29.9. The van der Waals surface area contributed by atoms with Crippen LogP contribution in [-0.4, -0.2) is 99.1 Å². The van der Waals surface area contributed by atoms with Gasteiger partial charge in [0.05, 0.1) is 53.8 Å². The number of carbonyl (C=O) groups excluding carboxylic acids is 3. The van der Waals surface area contributed by atoms with E-state index in [1.54, 1.807) is 91.8 Å². The average Bonchev–Trinajstić information content (AvgIpc) is 0.780. The number of halogens is 14. The molecule has 6 aromatic rings. The molecule has 2 saturated heterocycles. The summed E-state index contributed by atoms with van der Waals surface area (Å²) in [5, 5.41) is 14.6. The Balaban J connectivity index is 0.000000380. The Morgan fingerprint density at radius 2 is 0.855 bits per heavy atom. The van der Waals surface area contributed by atoms with Crippen LogP contribution in [0.25, 0.3) is 22.3 Å². The summed E-state index contributed by atoms with van der Waals surface area (Å²) in [5.41, 5.74) is -6.11. The molecule has 600 valence electrons. The van der Waals surface area contributed by atoms with Gasteiger partial charge in [0, 0.05) is 74.9 Å². The number of ether oxygens (including phenoxy) is 1. The van der Waals surface area contributed by atoms with Crippen LogP contribution in [0.1, 0.15) is 190 Å². The Labute approximate surface area is 655 Å². The number of aromatic nitrogens is 2. The van der Waals surface area contributed by atoms with Gasteiger partial charge in [-0.3, -0.25) is 28.8 Å². The first-order valence-corrected chi connectivity index (χ1v) is 35.4.